The molecule has 0 spiro atoms. The fourth-order valence-electron chi connectivity index (χ4n) is 3.53. The molecule has 1 heterocycles. The van der Waals surface area contributed by atoms with Crippen LogP contribution in [0.4, 0.5) is 0 Å². The number of aromatic nitrogens is 2. The number of esters is 1. The normalized spacial score (nSPS) is 28.6. The average Bonchev–Trinajstić information content (AvgIpc) is 3.01. The number of aromatic amines is 1. The summed E-state index contributed by atoms with van der Waals surface area (Å²) < 4.78 is 4.82. The highest BCUT2D eigenvalue weighted by Gasteiger charge is 2.41. The van der Waals surface area contributed by atoms with Gasteiger partial charge in [-0.15, -0.1) is 0 Å². The van der Waals surface area contributed by atoms with Crippen LogP contribution in [0.15, 0.2) is 11.0 Å². The topological polar surface area (TPSA) is 72.0 Å². The third-order valence-electron chi connectivity index (χ3n) is 4.40. The van der Waals surface area contributed by atoms with Crippen LogP contribution in [0, 0.1) is 11.8 Å². The van der Waals surface area contributed by atoms with E-state index in [1.165, 1.54) is 25.5 Å². The van der Waals surface area contributed by atoms with Crippen LogP contribution in [0.25, 0.3) is 0 Å². The Morgan fingerprint density at radius 3 is 2.89 bits per heavy atom. The van der Waals surface area contributed by atoms with Gasteiger partial charge >= 0.3 is 5.97 Å². The molecule has 102 valence electrons. The lowest BCUT2D eigenvalue weighted by atomic mass is 9.88. The molecular weight excluding hydrogens is 244 g/mol. The summed E-state index contributed by atoms with van der Waals surface area (Å²) >= 11 is 0. The number of nitrogens with one attached hydrogen (secondary N) is 1. The van der Waals surface area contributed by atoms with E-state index in [9.17, 15) is 9.59 Å². The molecule has 2 fully saturated rings. The number of hydrogen-bond acceptors (Lipinski definition) is 4. The number of ether oxygens (including phenoxy) is 1. The van der Waals surface area contributed by atoms with Gasteiger partial charge < -0.3 is 9.72 Å². The van der Waals surface area contributed by atoms with Crippen LogP contribution in [-0.2, 0) is 4.74 Å². The van der Waals surface area contributed by atoms with Gasteiger partial charge in [0.2, 0.25) is 0 Å². The smallest absolute Gasteiger partial charge is 0.345 e. The zero-order chi connectivity index (χ0) is 13.4. The molecule has 2 aliphatic carbocycles. The first-order chi connectivity index (χ1) is 9.19. The number of nitrogens with zero attached hydrogens (tertiary/aromatic N) is 1. The summed E-state index contributed by atoms with van der Waals surface area (Å²) in [7, 11) is 0. The van der Waals surface area contributed by atoms with Crippen molar-refractivity contribution >= 4 is 5.97 Å². The SMILES string of the molecule is CCOC(=O)c1cnc(C2CC3CCC2C3)[nH]c1=O. The third kappa shape index (κ3) is 2.17. The first-order valence-electron chi connectivity index (χ1n) is 6.95. The molecular formula is C14H18N2O3. The summed E-state index contributed by atoms with van der Waals surface area (Å²) in [4.78, 5) is 30.5. The molecule has 3 atom stereocenters. The molecule has 5 heteroatoms. The van der Waals surface area contributed by atoms with Crippen LogP contribution in [0.5, 0.6) is 0 Å². The van der Waals surface area contributed by atoms with Crippen LogP contribution in [-0.4, -0.2) is 22.5 Å². The van der Waals surface area contributed by atoms with Crippen LogP contribution in [0.2, 0.25) is 0 Å². The Labute approximate surface area is 111 Å². The van der Waals surface area contributed by atoms with E-state index in [4.69, 9.17) is 4.74 Å². The molecule has 5 nitrogen and oxygen atoms in total. The van der Waals surface area contributed by atoms with Crippen LogP contribution in [0.1, 0.15) is 54.7 Å². The van der Waals surface area contributed by atoms with Crippen molar-refractivity contribution in [2.75, 3.05) is 6.61 Å². The number of carbonyl (C=O) groups excluding carboxylic acids is 1. The van der Waals surface area contributed by atoms with E-state index in [-0.39, 0.29) is 17.7 Å². The van der Waals surface area contributed by atoms with E-state index in [0.29, 0.717) is 11.8 Å². The van der Waals surface area contributed by atoms with E-state index in [1.54, 1.807) is 6.92 Å². The Morgan fingerprint density at radius 2 is 2.32 bits per heavy atom. The van der Waals surface area contributed by atoms with Crippen LogP contribution in [0.3, 0.4) is 0 Å². The molecule has 1 aromatic heterocycles. The molecule has 0 aliphatic heterocycles. The molecule has 0 saturated heterocycles. The largest absolute Gasteiger partial charge is 0.462 e. The van der Waals surface area contributed by atoms with E-state index in [2.05, 4.69) is 9.97 Å². The molecule has 3 unspecified atom stereocenters. The van der Waals surface area contributed by atoms with Gasteiger partial charge in [-0.1, -0.05) is 6.42 Å². The van der Waals surface area contributed by atoms with Gasteiger partial charge in [-0.2, -0.15) is 0 Å². The number of fused-ring (bicyclic) bond motifs is 2. The number of carbonyl (C=O) groups is 1. The highest BCUT2D eigenvalue weighted by atomic mass is 16.5. The van der Waals surface area contributed by atoms with Crippen molar-refractivity contribution in [2.45, 2.75) is 38.5 Å². The molecule has 2 saturated carbocycles. The highest BCUT2D eigenvalue weighted by molar-refractivity contribution is 5.88. The number of rotatable bonds is 3. The van der Waals surface area contributed by atoms with Crippen molar-refractivity contribution < 1.29 is 9.53 Å². The predicted molar refractivity (Wildman–Crippen MR) is 69.0 cm³/mol. The van der Waals surface area contributed by atoms with E-state index in [1.807, 2.05) is 0 Å². The quantitative estimate of drug-likeness (QED) is 0.844. The van der Waals surface area contributed by atoms with Crippen molar-refractivity contribution in [3.63, 3.8) is 0 Å². The maximum Gasteiger partial charge on any atom is 0.345 e. The lowest BCUT2D eigenvalue weighted by molar-refractivity contribution is 0.0523. The standard InChI is InChI=1S/C14H18N2O3/c1-2-19-14(18)11-7-15-12(16-13(11)17)10-6-8-3-4-9(10)5-8/h7-10H,2-6H2,1H3,(H,15,16,17). The Morgan fingerprint density at radius 1 is 1.47 bits per heavy atom. The van der Waals surface area contributed by atoms with Crippen molar-refractivity contribution in [2.24, 2.45) is 11.8 Å². The van der Waals surface area contributed by atoms with E-state index in [0.717, 1.165) is 18.2 Å². The maximum absolute atomic E-state index is 11.9. The zero-order valence-electron chi connectivity index (χ0n) is 11.0. The molecule has 0 radical (unpaired) electrons. The monoisotopic (exact) mass is 262 g/mol. The second kappa shape index (κ2) is 4.79. The molecule has 1 aromatic rings. The van der Waals surface area contributed by atoms with Crippen molar-refractivity contribution in [3.8, 4) is 0 Å². The highest BCUT2D eigenvalue weighted by Crippen LogP contribution is 2.51. The number of hydrogen-bond donors (Lipinski definition) is 1. The number of H-pyrrole nitrogens is 1. The van der Waals surface area contributed by atoms with Crippen LogP contribution < -0.4 is 5.56 Å². The van der Waals surface area contributed by atoms with Gasteiger partial charge in [0.05, 0.1) is 6.61 Å². The van der Waals surface area contributed by atoms with Gasteiger partial charge in [0.15, 0.2) is 0 Å². The molecule has 0 aromatic carbocycles. The summed E-state index contributed by atoms with van der Waals surface area (Å²) in [5, 5.41) is 0. The Balaban J connectivity index is 1.84. The minimum atomic E-state index is -0.601. The minimum Gasteiger partial charge on any atom is -0.462 e. The molecule has 19 heavy (non-hydrogen) atoms. The summed E-state index contributed by atoms with van der Waals surface area (Å²) in [5.74, 6) is 1.95. The Kier molecular flexibility index (Phi) is 3.12. The lowest BCUT2D eigenvalue weighted by Gasteiger charge is -2.20. The van der Waals surface area contributed by atoms with Gasteiger partial charge in [-0.3, -0.25) is 4.79 Å². The third-order valence-corrected chi connectivity index (χ3v) is 4.40. The molecule has 1 N–H and O–H groups in total. The first-order valence-corrected chi connectivity index (χ1v) is 6.95. The fraction of sp³-hybridized carbons (Fsp3) is 0.643. The summed E-state index contributed by atoms with van der Waals surface area (Å²) in [6, 6.07) is 0. The van der Waals surface area contributed by atoms with Gasteiger partial charge in [-0.05, 0) is 38.0 Å². The average molecular weight is 262 g/mol. The summed E-state index contributed by atoms with van der Waals surface area (Å²) in [5.41, 5.74) is -0.389. The van der Waals surface area contributed by atoms with E-state index >= 15 is 0 Å². The molecule has 2 aliphatic rings. The summed E-state index contributed by atoms with van der Waals surface area (Å²) in [6.45, 7) is 1.97. The van der Waals surface area contributed by atoms with Crippen LogP contribution >= 0.6 is 0 Å². The maximum atomic E-state index is 11.9. The molecule has 0 amide bonds. The minimum absolute atomic E-state index is 0.00578. The second-order valence-corrected chi connectivity index (χ2v) is 5.51. The van der Waals surface area contributed by atoms with E-state index < -0.39 is 5.97 Å². The zero-order valence-corrected chi connectivity index (χ0v) is 11.0. The predicted octanol–water partition coefficient (Wildman–Crippen LogP) is 1.85. The second-order valence-electron chi connectivity index (χ2n) is 5.51. The van der Waals surface area contributed by atoms with Crippen molar-refractivity contribution in [3.05, 3.63) is 27.9 Å². The Bertz CT molecular complexity index is 552. The summed E-state index contributed by atoms with van der Waals surface area (Å²) in [6.07, 6.45) is 6.28. The molecule has 2 bridgehead atoms. The van der Waals surface area contributed by atoms with Gasteiger partial charge in [0.25, 0.3) is 5.56 Å². The molecule has 3 rings (SSSR count). The van der Waals surface area contributed by atoms with Crippen molar-refractivity contribution in [1.29, 1.82) is 0 Å². The first kappa shape index (κ1) is 12.4. The van der Waals surface area contributed by atoms with Gasteiger partial charge in [0, 0.05) is 12.1 Å². The van der Waals surface area contributed by atoms with Crippen molar-refractivity contribution in [1.82, 2.24) is 9.97 Å². The van der Waals surface area contributed by atoms with Gasteiger partial charge in [-0.25, -0.2) is 9.78 Å². The lowest BCUT2D eigenvalue weighted by Crippen LogP contribution is -2.24. The Hall–Kier alpha value is -1.65. The van der Waals surface area contributed by atoms with Gasteiger partial charge in [0.1, 0.15) is 11.4 Å². The fourth-order valence-corrected chi connectivity index (χ4v) is 3.53.